The predicted octanol–water partition coefficient (Wildman–Crippen LogP) is 0.792. The topological polar surface area (TPSA) is 64.2 Å². The van der Waals surface area contributed by atoms with Crippen LogP contribution >= 0.6 is 0 Å². The SMILES string of the molecule is CCc1cc(C(=O)N(C)CC2CC(N)C2)n(C)n1. The van der Waals surface area contributed by atoms with Gasteiger partial charge in [0.05, 0.1) is 5.69 Å². The molecule has 1 aliphatic rings. The van der Waals surface area contributed by atoms with Crippen molar-refractivity contribution in [1.82, 2.24) is 14.7 Å². The van der Waals surface area contributed by atoms with Gasteiger partial charge in [0.1, 0.15) is 5.69 Å². The second kappa shape index (κ2) is 5.10. The van der Waals surface area contributed by atoms with Crippen LogP contribution in [0.3, 0.4) is 0 Å². The van der Waals surface area contributed by atoms with Gasteiger partial charge < -0.3 is 10.6 Å². The molecule has 0 aliphatic heterocycles. The van der Waals surface area contributed by atoms with E-state index in [1.165, 1.54) is 0 Å². The lowest BCUT2D eigenvalue weighted by molar-refractivity contribution is 0.0723. The number of carbonyl (C=O) groups excluding carboxylic acids is 1. The van der Waals surface area contributed by atoms with Crippen LogP contribution in [-0.2, 0) is 13.5 Å². The maximum Gasteiger partial charge on any atom is 0.271 e. The number of hydrogen-bond acceptors (Lipinski definition) is 3. The molecule has 0 saturated heterocycles. The second-order valence-corrected chi connectivity index (χ2v) is 5.28. The van der Waals surface area contributed by atoms with Crippen LogP contribution in [0.2, 0.25) is 0 Å². The van der Waals surface area contributed by atoms with Gasteiger partial charge in [0.15, 0.2) is 0 Å². The molecule has 1 saturated carbocycles. The summed E-state index contributed by atoms with van der Waals surface area (Å²) in [6.45, 7) is 2.83. The smallest absolute Gasteiger partial charge is 0.271 e. The minimum Gasteiger partial charge on any atom is -0.340 e. The van der Waals surface area contributed by atoms with Crippen LogP contribution in [-0.4, -0.2) is 40.2 Å². The lowest BCUT2D eigenvalue weighted by atomic mass is 9.80. The van der Waals surface area contributed by atoms with Crippen molar-refractivity contribution in [3.05, 3.63) is 17.5 Å². The molecule has 5 nitrogen and oxygen atoms in total. The van der Waals surface area contributed by atoms with Gasteiger partial charge in [0.2, 0.25) is 0 Å². The van der Waals surface area contributed by atoms with E-state index in [2.05, 4.69) is 5.10 Å². The molecule has 0 unspecified atom stereocenters. The third-order valence-electron chi connectivity index (χ3n) is 3.66. The summed E-state index contributed by atoms with van der Waals surface area (Å²) in [6, 6.07) is 2.22. The summed E-state index contributed by atoms with van der Waals surface area (Å²) in [5, 5.41) is 4.31. The first-order valence-electron chi connectivity index (χ1n) is 6.55. The van der Waals surface area contributed by atoms with Gasteiger partial charge in [-0.2, -0.15) is 5.10 Å². The summed E-state index contributed by atoms with van der Waals surface area (Å²) in [4.78, 5) is 14.1. The number of carbonyl (C=O) groups is 1. The summed E-state index contributed by atoms with van der Waals surface area (Å²) in [7, 11) is 3.67. The van der Waals surface area contributed by atoms with Crippen LogP contribution in [0.25, 0.3) is 0 Å². The molecule has 1 aliphatic carbocycles. The van der Waals surface area contributed by atoms with Gasteiger partial charge in [-0.05, 0) is 31.2 Å². The van der Waals surface area contributed by atoms with Crippen molar-refractivity contribution >= 4 is 5.91 Å². The fourth-order valence-electron chi connectivity index (χ4n) is 2.50. The molecule has 0 radical (unpaired) electrons. The quantitative estimate of drug-likeness (QED) is 0.859. The van der Waals surface area contributed by atoms with Crippen molar-refractivity contribution in [3.8, 4) is 0 Å². The molecule has 1 aromatic rings. The van der Waals surface area contributed by atoms with Crippen LogP contribution in [0.5, 0.6) is 0 Å². The third-order valence-corrected chi connectivity index (χ3v) is 3.66. The van der Waals surface area contributed by atoms with Crippen molar-refractivity contribution in [2.75, 3.05) is 13.6 Å². The van der Waals surface area contributed by atoms with Crippen molar-refractivity contribution in [2.45, 2.75) is 32.2 Å². The van der Waals surface area contributed by atoms with Crippen molar-refractivity contribution in [1.29, 1.82) is 0 Å². The Hall–Kier alpha value is -1.36. The van der Waals surface area contributed by atoms with E-state index in [0.717, 1.165) is 31.5 Å². The number of amides is 1. The number of nitrogens with two attached hydrogens (primary N) is 1. The summed E-state index contributed by atoms with van der Waals surface area (Å²) >= 11 is 0. The molecular formula is C13H22N4O. The Morgan fingerprint density at radius 3 is 2.78 bits per heavy atom. The Morgan fingerprint density at radius 1 is 1.61 bits per heavy atom. The van der Waals surface area contributed by atoms with Crippen molar-refractivity contribution < 1.29 is 4.79 Å². The predicted molar refractivity (Wildman–Crippen MR) is 70.2 cm³/mol. The van der Waals surface area contributed by atoms with Gasteiger partial charge in [-0.15, -0.1) is 0 Å². The van der Waals surface area contributed by atoms with E-state index in [1.807, 2.05) is 27.1 Å². The largest absolute Gasteiger partial charge is 0.340 e. The Morgan fingerprint density at radius 2 is 2.28 bits per heavy atom. The number of aryl methyl sites for hydroxylation is 2. The summed E-state index contributed by atoms with van der Waals surface area (Å²) < 4.78 is 1.67. The molecular weight excluding hydrogens is 228 g/mol. The molecule has 2 rings (SSSR count). The van der Waals surface area contributed by atoms with E-state index in [0.29, 0.717) is 17.7 Å². The molecule has 5 heteroatoms. The highest BCUT2D eigenvalue weighted by Gasteiger charge is 2.28. The Kier molecular flexibility index (Phi) is 3.71. The molecule has 1 aromatic heterocycles. The molecule has 0 atom stereocenters. The Labute approximate surface area is 108 Å². The number of hydrogen-bond donors (Lipinski definition) is 1. The molecule has 0 aromatic carbocycles. The first-order valence-corrected chi connectivity index (χ1v) is 6.55. The number of rotatable bonds is 4. The zero-order valence-electron chi connectivity index (χ0n) is 11.4. The maximum absolute atomic E-state index is 12.3. The average Bonchev–Trinajstić information content (AvgIpc) is 2.67. The van der Waals surface area contributed by atoms with E-state index in [9.17, 15) is 4.79 Å². The van der Waals surface area contributed by atoms with Gasteiger partial charge >= 0.3 is 0 Å². The zero-order valence-corrected chi connectivity index (χ0v) is 11.4. The van der Waals surface area contributed by atoms with Gasteiger partial charge in [-0.3, -0.25) is 9.48 Å². The van der Waals surface area contributed by atoms with E-state index in [-0.39, 0.29) is 5.91 Å². The molecule has 2 N–H and O–H groups in total. The van der Waals surface area contributed by atoms with E-state index >= 15 is 0 Å². The highest BCUT2D eigenvalue weighted by molar-refractivity contribution is 5.92. The van der Waals surface area contributed by atoms with Crippen LogP contribution < -0.4 is 5.73 Å². The highest BCUT2D eigenvalue weighted by atomic mass is 16.2. The van der Waals surface area contributed by atoms with Gasteiger partial charge in [0, 0.05) is 26.7 Å². The summed E-state index contributed by atoms with van der Waals surface area (Å²) in [5.74, 6) is 0.609. The molecule has 1 amide bonds. The molecule has 100 valence electrons. The number of nitrogens with zero attached hydrogens (tertiary/aromatic N) is 3. The first kappa shape index (κ1) is 13.1. The third kappa shape index (κ3) is 2.56. The van der Waals surface area contributed by atoms with Crippen LogP contribution in [0.15, 0.2) is 6.07 Å². The second-order valence-electron chi connectivity index (χ2n) is 5.28. The molecule has 0 bridgehead atoms. The van der Waals surface area contributed by atoms with Crippen LogP contribution in [0.1, 0.15) is 35.9 Å². The Balaban J connectivity index is 1.98. The first-order chi connectivity index (χ1) is 8.51. The van der Waals surface area contributed by atoms with Crippen molar-refractivity contribution in [2.24, 2.45) is 18.7 Å². The monoisotopic (exact) mass is 250 g/mol. The van der Waals surface area contributed by atoms with Crippen molar-refractivity contribution in [3.63, 3.8) is 0 Å². The normalized spacial score (nSPS) is 22.7. The van der Waals surface area contributed by atoms with E-state index < -0.39 is 0 Å². The van der Waals surface area contributed by atoms with Gasteiger partial charge in [0.25, 0.3) is 5.91 Å². The molecule has 18 heavy (non-hydrogen) atoms. The van der Waals surface area contributed by atoms with E-state index in [4.69, 9.17) is 5.73 Å². The fourth-order valence-corrected chi connectivity index (χ4v) is 2.50. The molecule has 1 heterocycles. The van der Waals surface area contributed by atoms with Gasteiger partial charge in [-0.1, -0.05) is 6.92 Å². The lowest BCUT2D eigenvalue weighted by Crippen LogP contribution is -2.43. The summed E-state index contributed by atoms with van der Waals surface area (Å²) in [5.41, 5.74) is 7.38. The zero-order chi connectivity index (χ0) is 13.3. The Bertz CT molecular complexity index is 434. The van der Waals surface area contributed by atoms with Crippen LogP contribution in [0.4, 0.5) is 0 Å². The average molecular weight is 250 g/mol. The highest BCUT2D eigenvalue weighted by Crippen LogP contribution is 2.26. The lowest BCUT2D eigenvalue weighted by Gasteiger charge is -2.35. The standard InChI is InChI=1S/C13H22N4O/c1-4-11-7-12(17(3)15-11)13(18)16(2)8-9-5-10(14)6-9/h7,9-10H,4-6,8,14H2,1-3H3. The van der Waals surface area contributed by atoms with E-state index in [1.54, 1.807) is 9.58 Å². The number of aromatic nitrogens is 2. The molecule has 1 fully saturated rings. The minimum absolute atomic E-state index is 0.0465. The fraction of sp³-hybridized carbons (Fsp3) is 0.692. The molecule has 0 spiro atoms. The maximum atomic E-state index is 12.3. The van der Waals surface area contributed by atoms with Gasteiger partial charge in [-0.25, -0.2) is 0 Å². The van der Waals surface area contributed by atoms with Crippen LogP contribution in [0, 0.1) is 5.92 Å². The minimum atomic E-state index is 0.0465. The summed E-state index contributed by atoms with van der Waals surface area (Å²) in [6.07, 6.45) is 2.91.